The third kappa shape index (κ3) is 1.60. The molecule has 2 fully saturated rings. The molecule has 2 saturated heterocycles. The minimum atomic E-state index is 0.379. The van der Waals surface area contributed by atoms with E-state index in [0.29, 0.717) is 8.07 Å². The fourth-order valence-electron chi connectivity index (χ4n) is 2.06. The summed E-state index contributed by atoms with van der Waals surface area (Å²) in [7, 11) is 0.379. The Morgan fingerprint density at radius 2 is 2.18 bits per heavy atom. The van der Waals surface area contributed by atoms with E-state index in [0.717, 1.165) is 11.7 Å². The van der Waals surface area contributed by atoms with E-state index >= 15 is 0 Å². The van der Waals surface area contributed by atoms with Crippen molar-refractivity contribution in [3.63, 3.8) is 0 Å². The Labute approximate surface area is 71.0 Å². The predicted octanol–water partition coefficient (Wildman–Crippen LogP) is 2.66. The van der Waals surface area contributed by atoms with Crippen molar-refractivity contribution in [2.45, 2.75) is 44.8 Å². The fraction of sp³-hybridized carbons (Fsp3) is 1.00. The zero-order valence-corrected chi connectivity index (χ0v) is 8.48. The molecule has 2 unspecified atom stereocenters. The van der Waals surface area contributed by atoms with Crippen LogP contribution in [0.4, 0.5) is 0 Å². The third-order valence-electron chi connectivity index (χ3n) is 2.79. The molecule has 0 saturated carbocycles. The Bertz CT molecular complexity index is 146. The summed E-state index contributed by atoms with van der Waals surface area (Å²) >= 11 is 0. The first-order valence-electron chi connectivity index (χ1n) is 4.82. The Morgan fingerprint density at radius 3 is 2.91 bits per heavy atom. The van der Waals surface area contributed by atoms with Crippen LogP contribution in [0.5, 0.6) is 0 Å². The highest BCUT2D eigenvalue weighted by atomic mass is 31.1. The number of rotatable bonds is 1. The van der Waals surface area contributed by atoms with E-state index < -0.39 is 0 Å². The van der Waals surface area contributed by atoms with Crippen molar-refractivity contribution >= 4 is 8.07 Å². The number of fused-ring (bicyclic) bond motifs is 1. The molecule has 0 aromatic rings. The van der Waals surface area contributed by atoms with E-state index in [1.165, 1.54) is 25.8 Å². The second-order valence-electron chi connectivity index (χ2n) is 4.03. The van der Waals surface area contributed by atoms with Crippen LogP contribution in [0.3, 0.4) is 0 Å². The SMILES string of the molecule is CC(C)N1CCCCC2CP21. The standard InChI is InChI=1S/C9H18NP/c1-8(2)10-6-4-3-5-9-7-11(9)10/h8-9H,3-7H2,1-2H3. The van der Waals surface area contributed by atoms with Gasteiger partial charge in [0.2, 0.25) is 0 Å². The molecule has 2 heteroatoms. The summed E-state index contributed by atoms with van der Waals surface area (Å²) in [4.78, 5) is 0. The lowest BCUT2D eigenvalue weighted by molar-refractivity contribution is 0.382. The highest BCUT2D eigenvalue weighted by Crippen LogP contribution is 2.65. The zero-order valence-electron chi connectivity index (χ0n) is 7.58. The quantitative estimate of drug-likeness (QED) is 0.548. The molecule has 0 amide bonds. The maximum absolute atomic E-state index is 2.77. The van der Waals surface area contributed by atoms with Gasteiger partial charge in [-0.05, 0) is 46.6 Å². The summed E-state index contributed by atoms with van der Waals surface area (Å²) < 4.78 is 2.77. The minimum Gasteiger partial charge on any atom is -0.279 e. The molecule has 64 valence electrons. The summed E-state index contributed by atoms with van der Waals surface area (Å²) in [6.45, 7) is 6.09. The lowest BCUT2D eigenvalue weighted by atomic mass is 10.2. The maximum Gasteiger partial charge on any atom is 0.00775 e. The van der Waals surface area contributed by atoms with Crippen LogP contribution in [0.2, 0.25) is 0 Å². The topological polar surface area (TPSA) is 3.24 Å². The van der Waals surface area contributed by atoms with Gasteiger partial charge in [-0.15, -0.1) is 0 Å². The van der Waals surface area contributed by atoms with Gasteiger partial charge in [-0.1, -0.05) is 6.42 Å². The van der Waals surface area contributed by atoms with Crippen LogP contribution in [0.15, 0.2) is 0 Å². The molecule has 0 aliphatic carbocycles. The van der Waals surface area contributed by atoms with Crippen LogP contribution in [0.25, 0.3) is 0 Å². The minimum absolute atomic E-state index is 0.379. The fourth-order valence-corrected chi connectivity index (χ4v) is 4.90. The van der Waals surface area contributed by atoms with Gasteiger partial charge in [0.05, 0.1) is 0 Å². The summed E-state index contributed by atoms with van der Waals surface area (Å²) in [6.07, 6.45) is 6.04. The number of nitrogens with zero attached hydrogens (tertiary/aromatic N) is 1. The smallest absolute Gasteiger partial charge is 0.00775 e. The molecule has 2 aliphatic heterocycles. The van der Waals surface area contributed by atoms with E-state index in [9.17, 15) is 0 Å². The van der Waals surface area contributed by atoms with E-state index in [-0.39, 0.29) is 0 Å². The van der Waals surface area contributed by atoms with Crippen LogP contribution in [0.1, 0.15) is 33.1 Å². The summed E-state index contributed by atoms with van der Waals surface area (Å²) in [5.74, 6) is 0. The first-order valence-corrected chi connectivity index (χ1v) is 6.37. The summed E-state index contributed by atoms with van der Waals surface area (Å²) in [6, 6.07) is 0.809. The van der Waals surface area contributed by atoms with Gasteiger partial charge in [0.25, 0.3) is 0 Å². The van der Waals surface area contributed by atoms with Gasteiger partial charge in [0, 0.05) is 12.6 Å². The van der Waals surface area contributed by atoms with E-state index in [4.69, 9.17) is 0 Å². The van der Waals surface area contributed by atoms with Crippen LogP contribution in [-0.4, -0.2) is 29.1 Å². The average molecular weight is 171 g/mol. The van der Waals surface area contributed by atoms with Crippen molar-refractivity contribution in [1.29, 1.82) is 0 Å². The Morgan fingerprint density at radius 1 is 1.36 bits per heavy atom. The van der Waals surface area contributed by atoms with E-state index in [1.807, 2.05) is 0 Å². The molecule has 2 heterocycles. The van der Waals surface area contributed by atoms with Crippen LogP contribution >= 0.6 is 8.07 Å². The van der Waals surface area contributed by atoms with Crippen LogP contribution in [0, 0.1) is 0 Å². The van der Waals surface area contributed by atoms with Crippen molar-refractivity contribution in [2.75, 3.05) is 12.7 Å². The van der Waals surface area contributed by atoms with Gasteiger partial charge < -0.3 is 0 Å². The van der Waals surface area contributed by atoms with Gasteiger partial charge in [-0.3, -0.25) is 4.67 Å². The van der Waals surface area contributed by atoms with Gasteiger partial charge in [0.1, 0.15) is 0 Å². The molecule has 0 radical (unpaired) electrons. The number of hydrogen-bond acceptors (Lipinski definition) is 1. The maximum atomic E-state index is 2.77. The van der Waals surface area contributed by atoms with Gasteiger partial charge in [-0.2, -0.15) is 0 Å². The van der Waals surface area contributed by atoms with E-state index in [2.05, 4.69) is 18.5 Å². The highest BCUT2D eigenvalue weighted by Gasteiger charge is 2.42. The Hall–Kier alpha value is 0.390. The molecule has 0 bridgehead atoms. The molecular weight excluding hydrogens is 153 g/mol. The lowest BCUT2D eigenvalue weighted by Crippen LogP contribution is -2.23. The van der Waals surface area contributed by atoms with Crippen molar-refractivity contribution < 1.29 is 0 Å². The molecule has 0 aromatic carbocycles. The van der Waals surface area contributed by atoms with Crippen molar-refractivity contribution in [3.8, 4) is 0 Å². The van der Waals surface area contributed by atoms with Gasteiger partial charge in [-0.25, -0.2) is 0 Å². The first-order chi connectivity index (χ1) is 5.29. The molecule has 0 spiro atoms. The third-order valence-corrected chi connectivity index (χ3v) is 5.74. The van der Waals surface area contributed by atoms with Gasteiger partial charge >= 0.3 is 0 Å². The molecule has 1 nitrogen and oxygen atoms in total. The lowest BCUT2D eigenvalue weighted by Gasteiger charge is -2.25. The Kier molecular flexibility index (Phi) is 2.21. The van der Waals surface area contributed by atoms with Gasteiger partial charge in [0.15, 0.2) is 0 Å². The van der Waals surface area contributed by atoms with Crippen molar-refractivity contribution in [3.05, 3.63) is 0 Å². The second-order valence-corrected chi connectivity index (χ2v) is 6.52. The first kappa shape index (κ1) is 8.01. The number of hydrogen-bond donors (Lipinski definition) is 0. The molecular formula is C9H18NP. The average Bonchev–Trinajstić information content (AvgIpc) is 2.60. The van der Waals surface area contributed by atoms with Crippen LogP contribution < -0.4 is 0 Å². The molecule has 0 N–H and O–H groups in total. The molecule has 2 aliphatic rings. The molecule has 0 aromatic heterocycles. The van der Waals surface area contributed by atoms with Crippen molar-refractivity contribution in [2.24, 2.45) is 0 Å². The largest absolute Gasteiger partial charge is 0.279 e. The zero-order chi connectivity index (χ0) is 7.84. The molecule has 11 heavy (non-hydrogen) atoms. The Balaban J connectivity index is 1.96. The molecule has 2 atom stereocenters. The normalized spacial score (nSPS) is 38.5. The predicted molar refractivity (Wildman–Crippen MR) is 51.3 cm³/mol. The van der Waals surface area contributed by atoms with E-state index in [1.54, 1.807) is 6.16 Å². The van der Waals surface area contributed by atoms with Crippen LogP contribution in [-0.2, 0) is 0 Å². The second kappa shape index (κ2) is 3.03. The monoisotopic (exact) mass is 171 g/mol. The summed E-state index contributed by atoms with van der Waals surface area (Å²) in [5.41, 5.74) is 1.15. The summed E-state index contributed by atoms with van der Waals surface area (Å²) in [5, 5.41) is 0. The molecule has 2 rings (SSSR count). The highest BCUT2D eigenvalue weighted by molar-refractivity contribution is 7.64. The van der Waals surface area contributed by atoms with Crippen molar-refractivity contribution in [1.82, 2.24) is 4.67 Å².